The summed E-state index contributed by atoms with van der Waals surface area (Å²) in [5, 5.41) is 20.0. The molecule has 0 spiro atoms. The zero-order valence-corrected chi connectivity index (χ0v) is 24.2. The number of nitrogens with zero attached hydrogens (tertiary/aromatic N) is 2. The van der Waals surface area contributed by atoms with E-state index < -0.39 is 36.8 Å². The highest BCUT2D eigenvalue weighted by molar-refractivity contribution is 6.26. The van der Waals surface area contributed by atoms with E-state index in [1.54, 1.807) is 42.5 Å². The molecule has 4 aromatic carbocycles. The van der Waals surface area contributed by atoms with Crippen molar-refractivity contribution in [3.8, 4) is 11.5 Å². The van der Waals surface area contributed by atoms with Gasteiger partial charge in [-0.2, -0.15) is 0 Å². The van der Waals surface area contributed by atoms with E-state index in [0.717, 1.165) is 20.9 Å². The van der Waals surface area contributed by atoms with Crippen LogP contribution in [-0.4, -0.2) is 65.2 Å². The molecule has 0 radical (unpaired) electrons. The maximum atomic E-state index is 13.5. The van der Waals surface area contributed by atoms with Crippen LogP contribution < -0.4 is 20.1 Å². The van der Waals surface area contributed by atoms with Gasteiger partial charge in [-0.25, -0.2) is 0 Å². The molecule has 0 aliphatic carbocycles. The van der Waals surface area contributed by atoms with Crippen LogP contribution in [-0.2, 0) is 16.1 Å². The second-order valence-corrected chi connectivity index (χ2v) is 10.5. The van der Waals surface area contributed by atoms with Gasteiger partial charge in [0.1, 0.15) is 37.8 Å². The zero-order chi connectivity index (χ0) is 31.5. The van der Waals surface area contributed by atoms with Gasteiger partial charge in [0.2, 0.25) is 0 Å². The van der Waals surface area contributed by atoms with Crippen molar-refractivity contribution in [1.29, 1.82) is 0 Å². The molecule has 44 heavy (non-hydrogen) atoms. The second kappa shape index (κ2) is 12.3. The molecule has 2 amide bonds. The number of aliphatic carboxylic acids is 2. The summed E-state index contributed by atoms with van der Waals surface area (Å²) < 4.78 is 11.9. The average molecular weight is 598 g/mol. The van der Waals surface area contributed by atoms with Gasteiger partial charge in [0.25, 0.3) is 11.8 Å². The molecular weight excluding hydrogens is 566 g/mol. The van der Waals surface area contributed by atoms with E-state index in [4.69, 9.17) is 15.2 Å². The van der Waals surface area contributed by atoms with Crippen LogP contribution in [0.15, 0.2) is 66.7 Å². The van der Waals surface area contributed by atoms with Crippen molar-refractivity contribution in [2.24, 2.45) is 0 Å². The molecule has 1 aliphatic rings. The van der Waals surface area contributed by atoms with Crippen molar-refractivity contribution in [2.75, 3.05) is 36.9 Å². The topological polar surface area (TPSA) is 160 Å². The third kappa shape index (κ3) is 6.12. The smallest absolute Gasteiger partial charge is 0.323 e. The van der Waals surface area contributed by atoms with Crippen molar-refractivity contribution in [3.63, 3.8) is 0 Å². The van der Waals surface area contributed by atoms with Crippen LogP contribution in [0.4, 0.5) is 11.4 Å². The summed E-state index contributed by atoms with van der Waals surface area (Å²) in [6, 6.07) is 18.9. The summed E-state index contributed by atoms with van der Waals surface area (Å²) in [6.07, 6.45) is 0. The third-order valence-corrected chi connectivity index (χ3v) is 7.33. The van der Waals surface area contributed by atoms with Crippen molar-refractivity contribution in [3.05, 3.63) is 94.5 Å². The molecule has 1 aliphatic heterocycles. The Morgan fingerprint density at radius 2 is 1.48 bits per heavy atom. The average Bonchev–Trinajstić information content (AvgIpc) is 2.98. The molecule has 0 fully saturated rings. The SMILES string of the molecule is Cc1ccc(C)c(OCCOc2cc(CN3C(=O)c4cccc5c(N)ccc(c45)C3=O)ccc2N(CC(=O)O)CC(=O)O)c1. The van der Waals surface area contributed by atoms with E-state index in [0.29, 0.717) is 38.9 Å². The van der Waals surface area contributed by atoms with E-state index in [1.165, 1.54) is 6.07 Å². The molecule has 4 aromatic rings. The zero-order valence-electron chi connectivity index (χ0n) is 24.2. The van der Waals surface area contributed by atoms with E-state index in [-0.39, 0.29) is 31.2 Å². The summed E-state index contributed by atoms with van der Waals surface area (Å²) in [5.41, 5.74) is 9.99. The number of nitrogen functional groups attached to an aromatic ring is 1. The van der Waals surface area contributed by atoms with Gasteiger partial charge >= 0.3 is 11.9 Å². The van der Waals surface area contributed by atoms with E-state index >= 15 is 0 Å². The fourth-order valence-corrected chi connectivity index (χ4v) is 5.25. The molecule has 226 valence electrons. The summed E-state index contributed by atoms with van der Waals surface area (Å²) in [4.78, 5) is 52.4. The standard InChI is InChI=1S/C33H31N3O8/c1-19-6-7-20(2)27(14-19)43-12-13-44-28-15-21(8-11-26(28)35(17-29(37)38)18-30(39)40)16-36-32(41)23-5-3-4-22-25(34)10-9-24(31(22)23)33(36)42/h3-11,14-15H,12-13,16-18,34H2,1-2H3,(H,37,38)(H,39,40). The van der Waals surface area contributed by atoms with Gasteiger partial charge in [0.05, 0.1) is 12.2 Å². The Bertz CT molecular complexity index is 1760. The second-order valence-electron chi connectivity index (χ2n) is 10.5. The molecule has 4 N–H and O–H groups in total. The molecule has 0 bridgehead atoms. The number of carboxylic acids is 2. The predicted octanol–water partition coefficient (Wildman–Crippen LogP) is 4.27. The molecule has 0 saturated heterocycles. The molecule has 0 aromatic heterocycles. The summed E-state index contributed by atoms with van der Waals surface area (Å²) in [6.45, 7) is 2.79. The van der Waals surface area contributed by atoms with Gasteiger partial charge in [-0.1, -0.05) is 30.3 Å². The highest BCUT2D eigenvalue weighted by Gasteiger charge is 2.33. The number of rotatable bonds is 12. The molecule has 11 nitrogen and oxygen atoms in total. The fraction of sp³-hybridized carbons (Fsp3) is 0.212. The molecule has 5 rings (SSSR count). The molecule has 0 atom stereocenters. The summed E-state index contributed by atoms with van der Waals surface area (Å²) >= 11 is 0. The minimum Gasteiger partial charge on any atom is -0.490 e. The van der Waals surface area contributed by atoms with Gasteiger partial charge in [0.15, 0.2) is 0 Å². The van der Waals surface area contributed by atoms with Gasteiger partial charge in [-0.05, 0) is 66.9 Å². The summed E-state index contributed by atoms with van der Waals surface area (Å²) in [5.74, 6) is -2.53. The van der Waals surface area contributed by atoms with Crippen LogP contribution in [0.25, 0.3) is 10.8 Å². The van der Waals surface area contributed by atoms with Crippen molar-refractivity contribution in [2.45, 2.75) is 20.4 Å². The number of anilines is 2. The van der Waals surface area contributed by atoms with Crippen LogP contribution in [0.1, 0.15) is 37.4 Å². The molecule has 0 saturated carbocycles. The van der Waals surface area contributed by atoms with Gasteiger partial charge in [-0.15, -0.1) is 0 Å². The Labute approximate surface area is 253 Å². The molecule has 0 unspecified atom stereocenters. The summed E-state index contributed by atoms with van der Waals surface area (Å²) in [7, 11) is 0. The maximum Gasteiger partial charge on any atom is 0.323 e. The number of imide groups is 1. The van der Waals surface area contributed by atoms with Crippen molar-refractivity contribution in [1.82, 2.24) is 4.90 Å². The van der Waals surface area contributed by atoms with Crippen molar-refractivity contribution < 1.29 is 38.9 Å². The lowest BCUT2D eigenvalue weighted by Gasteiger charge is -2.28. The Hall–Kier alpha value is -5.58. The minimum atomic E-state index is -1.22. The lowest BCUT2D eigenvalue weighted by atomic mass is 9.93. The maximum absolute atomic E-state index is 13.5. The molecule has 11 heteroatoms. The quantitative estimate of drug-likeness (QED) is 0.122. The number of carbonyl (C=O) groups excluding carboxylic acids is 2. The van der Waals surface area contributed by atoms with Crippen LogP contribution in [0.5, 0.6) is 11.5 Å². The first-order chi connectivity index (χ1) is 21.0. The van der Waals surface area contributed by atoms with E-state index in [9.17, 15) is 29.4 Å². The number of amides is 2. The third-order valence-electron chi connectivity index (χ3n) is 7.33. The van der Waals surface area contributed by atoms with Crippen LogP contribution in [0.2, 0.25) is 0 Å². The largest absolute Gasteiger partial charge is 0.490 e. The highest BCUT2D eigenvalue weighted by atomic mass is 16.5. The number of benzene rings is 4. The Morgan fingerprint density at radius 3 is 2.16 bits per heavy atom. The number of aryl methyl sites for hydroxylation is 2. The first-order valence-electron chi connectivity index (χ1n) is 13.8. The Kier molecular flexibility index (Phi) is 8.38. The Balaban J connectivity index is 1.43. The van der Waals surface area contributed by atoms with Crippen LogP contribution in [0.3, 0.4) is 0 Å². The minimum absolute atomic E-state index is 0.0518. The number of nitrogens with two attached hydrogens (primary N) is 1. The predicted molar refractivity (Wildman–Crippen MR) is 163 cm³/mol. The number of carbonyl (C=O) groups is 4. The Morgan fingerprint density at radius 1 is 0.818 bits per heavy atom. The van der Waals surface area contributed by atoms with Crippen LogP contribution in [0, 0.1) is 13.8 Å². The van der Waals surface area contributed by atoms with Crippen molar-refractivity contribution >= 4 is 45.9 Å². The number of ether oxygens (including phenoxy) is 2. The lowest BCUT2D eigenvalue weighted by molar-refractivity contribution is -0.136. The van der Waals surface area contributed by atoms with E-state index in [2.05, 4.69) is 0 Å². The number of carboxylic acid groups (broad SMARTS) is 2. The monoisotopic (exact) mass is 597 g/mol. The number of hydrogen-bond acceptors (Lipinski definition) is 8. The van der Waals surface area contributed by atoms with Gasteiger partial charge < -0.3 is 30.3 Å². The first kappa shape index (κ1) is 29.9. The lowest BCUT2D eigenvalue weighted by Crippen LogP contribution is -2.39. The molecular formula is C33H31N3O8. The normalized spacial score (nSPS) is 12.4. The van der Waals surface area contributed by atoms with Gasteiger partial charge in [0, 0.05) is 27.6 Å². The fourth-order valence-electron chi connectivity index (χ4n) is 5.25. The number of hydrogen-bond donors (Lipinski definition) is 3. The molecule has 1 heterocycles. The van der Waals surface area contributed by atoms with Gasteiger partial charge in [-0.3, -0.25) is 24.1 Å². The van der Waals surface area contributed by atoms with Crippen LogP contribution >= 0.6 is 0 Å². The highest BCUT2D eigenvalue weighted by Crippen LogP contribution is 2.35. The van der Waals surface area contributed by atoms with E-state index in [1.807, 2.05) is 32.0 Å². The first-order valence-corrected chi connectivity index (χ1v) is 13.8.